The van der Waals surface area contributed by atoms with Crippen LogP contribution in [0.5, 0.6) is 0 Å². The molecule has 2 rings (SSSR count). The van der Waals surface area contributed by atoms with Gasteiger partial charge in [-0.2, -0.15) is 0 Å². The molecule has 0 radical (unpaired) electrons. The fourth-order valence-corrected chi connectivity index (χ4v) is 2.20. The molecule has 1 aliphatic rings. The second-order valence-corrected chi connectivity index (χ2v) is 4.93. The van der Waals surface area contributed by atoms with Gasteiger partial charge in [0.05, 0.1) is 19.3 Å². The molecule has 1 heterocycles. The number of nitrogens with zero attached hydrogens (tertiary/aromatic N) is 1. The van der Waals surface area contributed by atoms with Crippen molar-refractivity contribution in [1.82, 2.24) is 4.90 Å². The number of ether oxygens (including phenoxy) is 1. The largest absolute Gasteiger partial charge is 0.376 e. The molecule has 1 aromatic carbocycles. The van der Waals surface area contributed by atoms with Gasteiger partial charge in [0.2, 0.25) is 0 Å². The van der Waals surface area contributed by atoms with E-state index in [0.717, 1.165) is 31.7 Å². The van der Waals surface area contributed by atoms with Crippen molar-refractivity contribution in [1.29, 1.82) is 0 Å². The van der Waals surface area contributed by atoms with E-state index in [9.17, 15) is 4.79 Å². The molecule has 3 nitrogen and oxygen atoms in total. The molecule has 3 heteroatoms. The van der Waals surface area contributed by atoms with Crippen LogP contribution in [0.4, 0.5) is 0 Å². The third-order valence-electron chi connectivity index (χ3n) is 3.42. The minimum Gasteiger partial charge on any atom is -0.376 e. The Bertz CT molecular complexity index is 399. The number of Topliss-reactive ketones (excluding diaryl/α,β-unsaturated/α-hetero) is 1. The van der Waals surface area contributed by atoms with Crippen LogP contribution in [-0.2, 0) is 4.74 Å². The molecular formula is C15H21NO2. The molecule has 18 heavy (non-hydrogen) atoms. The van der Waals surface area contributed by atoms with Crippen LogP contribution in [0.2, 0.25) is 0 Å². The highest BCUT2D eigenvalue weighted by atomic mass is 16.5. The summed E-state index contributed by atoms with van der Waals surface area (Å²) in [5.74, 6) is 0.201. The molecule has 1 atom stereocenters. The lowest BCUT2D eigenvalue weighted by Gasteiger charge is -2.31. The van der Waals surface area contributed by atoms with E-state index in [-0.39, 0.29) is 11.9 Å². The van der Waals surface area contributed by atoms with Crippen LogP contribution in [0, 0.1) is 6.92 Å². The lowest BCUT2D eigenvalue weighted by Crippen LogP contribution is -2.44. The smallest absolute Gasteiger partial charge is 0.176 e. The third kappa shape index (κ3) is 3.40. The maximum atomic E-state index is 12.1. The Kier molecular flexibility index (Phi) is 4.50. The molecule has 1 unspecified atom stereocenters. The van der Waals surface area contributed by atoms with Crippen LogP contribution in [0.15, 0.2) is 24.3 Å². The van der Waals surface area contributed by atoms with E-state index in [0.29, 0.717) is 6.54 Å². The first kappa shape index (κ1) is 13.2. The van der Waals surface area contributed by atoms with Crippen LogP contribution >= 0.6 is 0 Å². The Balaban J connectivity index is 1.92. The number of ketones is 1. The monoisotopic (exact) mass is 247 g/mol. The SMILES string of the molecule is CCC1CN(CC(=O)c2ccc(C)cc2)CCO1. The van der Waals surface area contributed by atoms with E-state index in [1.807, 2.05) is 31.2 Å². The van der Waals surface area contributed by atoms with E-state index in [4.69, 9.17) is 4.74 Å². The number of hydrogen-bond acceptors (Lipinski definition) is 3. The first-order valence-electron chi connectivity index (χ1n) is 6.63. The van der Waals surface area contributed by atoms with Crippen molar-refractivity contribution in [2.75, 3.05) is 26.2 Å². The summed E-state index contributed by atoms with van der Waals surface area (Å²) in [7, 11) is 0. The number of rotatable bonds is 4. The van der Waals surface area contributed by atoms with Crippen molar-refractivity contribution in [3.63, 3.8) is 0 Å². The van der Waals surface area contributed by atoms with Gasteiger partial charge in [-0.05, 0) is 13.3 Å². The van der Waals surface area contributed by atoms with Gasteiger partial charge in [-0.1, -0.05) is 36.8 Å². The van der Waals surface area contributed by atoms with Crippen LogP contribution in [0.1, 0.15) is 29.3 Å². The van der Waals surface area contributed by atoms with Gasteiger partial charge in [0, 0.05) is 18.7 Å². The van der Waals surface area contributed by atoms with E-state index in [1.54, 1.807) is 0 Å². The number of aryl methyl sites for hydroxylation is 1. The van der Waals surface area contributed by atoms with Crippen LogP contribution < -0.4 is 0 Å². The maximum Gasteiger partial charge on any atom is 0.176 e. The van der Waals surface area contributed by atoms with E-state index < -0.39 is 0 Å². The molecule has 1 fully saturated rings. The molecular weight excluding hydrogens is 226 g/mol. The van der Waals surface area contributed by atoms with Gasteiger partial charge < -0.3 is 4.74 Å². The molecule has 0 aromatic heterocycles. The first-order valence-corrected chi connectivity index (χ1v) is 6.63. The Hall–Kier alpha value is -1.19. The van der Waals surface area contributed by atoms with Crippen molar-refractivity contribution >= 4 is 5.78 Å². The summed E-state index contributed by atoms with van der Waals surface area (Å²) in [6.07, 6.45) is 1.29. The maximum absolute atomic E-state index is 12.1. The zero-order valence-electron chi connectivity index (χ0n) is 11.2. The zero-order valence-corrected chi connectivity index (χ0v) is 11.2. The average molecular weight is 247 g/mol. The average Bonchev–Trinajstić information content (AvgIpc) is 2.39. The number of carbonyl (C=O) groups is 1. The molecule has 0 saturated carbocycles. The zero-order chi connectivity index (χ0) is 13.0. The van der Waals surface area contributed by atoms with Gasteiger partial charge in [0.1, 0.15) is 0 Å². The van der Waals surface area contributed by atoms with Gasteiger partial charge in [0.25, 0.3) is 0 Å². The topological polar surface area (TPSA) is 29.5 Å². The third-order valence-corrected chi connectivity index (χ3v) is 3.42. The molecule has 0 N–H and O–H groups in total. The van der Waals surface area contributed by atoms with Crippen molar-refractivity contribution in [3.8, 4) is 0 Å². The molecule has 98 valence electrons. The van der Waals surface area contributed by atoms with Crippen LogP contribution in [-0.4, -0.2) is 43.0 Å². The Labute approximate surface area is 109 Å². The molecule has 0 amide bonds. The predicted octanol–water partition coefficient (Wildman–Crippen LogP) is 2.29. The summed E-state index contributed by atoms with van der Waals surface area (Å²) in [6, 6.07) is 7.80. The number of carbonyl (C=O) groups excluding carboxylic acids is 1. The minimum absolute atomic E-state index is 0.201. The molecule has 1 saturated heterocycles. The molecule has 1 aromatic rings. The summed E-state index contributed by atoms with van der Waals surface area (Å²) in [6.45, 7) is 7.11. The summed E-state index contributed by atoms with van der Waals surface area (Å²) < 4.78 is 5.61. The highest BCUT2D eigenvalue weighted by molar-refractivity contribution is 5.97. The lowest BCUT2D eigenvalue weighted by molar-refractivity contribution is -0.0271. The quantitative estimate of drug-likeness (QED) is 0.765. The Morgan fingerprint density at radius 2 is 2.11 bits per heavy atom. The highest BCUT2D eigenvalue weighted by Crippen LogP contribution is 2.10. The fourth-order valence-electron chi connectivity index (χ4n) is 2.20. The molecule has 0 bridgehead atoms. The molecule has 0 spiro atoms. The van der Waals surface area contributed by atoms with Gasteiger partial charge in [-0.3, -0.25) is 9.69 Å². The van der Waals surface area contributed by atoms with Gasteiger partial charge in [0.15, 0.2) is 5.78 Å². The number of hydrogen-bond donors (Lipinski definition) is 0. The summed E-state index contributed by atoms with van der Waals surface area (Å²) >= 11 is 0. The predicted molar refractivity (Wildman–Crippen MR) is 72.0 cm³/mol. The fraction of sp³-hybridized carbons (Fsp3) is 0.533. The molecule has 0 aliphatic carbocycles. The van der Waals surface area contributed by atoms with Gasteiger partial charge >= 0.3 is 0 Å². The Morgan fingerprint density at radius 3 is 2.78 bits per heavy atom. The normalized spacial score (nSPS) is 20.9. The standard InChI is InChI=1S/C15H21NO2/c1-3-14-10-16(8-9-18-14)11-15(17)13-6-4-12(2)5-7-13/h4-7,14H,3,8-11H2,1-2H3. The summed E-state index contributed by atoms with van der Waals surface area (Å²) in [5.41, 5.74) is 1.99. The van der Waals surface area contributed by atoms with Gasteiger partial charge in [-0.15, -0.1) is 0 Å². The van der Waals surface area contributed by atoms with Gasteiger partial charge in [-0.25, -0.2) is 0 Å². The Morgan fingerprint density at radius 1 is 1.39 bits per heavy atom. The summed E-state index contributed by atoms with van der Waals surface area (Å²) in [5, 5.41) is 0. The number of benzene rings is 1. The van der Waals surface area contributed by atoms with Crippen molar-refractivity contribution < 1.29 is 9.53 Å². The highest BCUT2D eigenvalue weighted by Gasteiger charge is 2.21. The van der Waals surface area contributed by atoms with E-state index in [2.05, 4.69) is 11.8 Å². The minimum atomic E-state index is 0.201. The second kappa shape index (κ2) is 6.12. The number of morpholine rings is 1. The molecule has 1 aliphatic heterocycles. The van der Waals surface area contributed by atoms with E-state index >= 15 is 0 Å². The second-order valence-electron chi connectivity index (χ2n) is 4.93. The van der Waals surface area contributed by atoms with Crippen LogP contribution in [0.3, 0.4) is 0 Å². The van der Waals surface area contributed by atoms with Crippen molar-refractivity contribution in [3.05, 3.63) is 35.4 Å². The summed E-state index contributed by atoms with van der Waals surface area (Å²) in [4.78, 5) is 14.3. The van der Waals surface area contributed by atoms with E-state index in [1.165, 1.54) is 5.56 Å². The lowest BCUT2D eigenvalue weighted by atomic mass is 10.1. The first-order chi connectivity index (χ1) is 8.69. The van der Waals surface area contributed by atoms with Crippen molar-refractivity contribution in [2.45, 2.75) is 26.4 Å². The van der Waals surface area contributed by atoms with Crippen LogP contribution in [0.25, 0.3) is 0 Å². The van der Waals surface area contributed by atoms with Crippen molar-refractivity contribution in [2.24, 2.45) is 0 Å².